The van der Waals surface area contributed by atoms with Gasteiger partial charge in [0.1, 0.15) is 18.5 Å². The van der Waals surface area contributed by atoms with E-state index in [0.717, 1.165) is 17.7 Å². The Kier molecular flexibility index (Phi) is 7.23. The number of aryl methyl sites for hydroxylation is 1. The predicted octanol–water partition coefficient (Wildman–Crippen LogP) is 5.85. The van der Waals surface area contributed by atoms with E-state index in [0.29, 0.717) is 18.1 Å². The Morgan fingerprint density at radius 1 is 1.08 bits per heavy atom. The topological polar surface area (TPSA) is 22.1 Å². The fourth-order valence-corrected chi connectivity index (χ4v) is 2.63. The summed E-state index contributed by atoms with van der Waals surface area (Å²) in [7, 11) is 0. The quantitative estimate of drug-likeness (QED) is 0.575. The number of rotatable bonds is 9. The van der Waals surface area contributed by atoms with Crippen LogP contribution in [-0.4, -0.2) is 17.8 Å². The van der Waals surface area contributed by atoms with Crippen LogP contribution in [0.5, 0.6) is 5.75 Å². The summed E-state index contributed by atoms with van der Waals surface area (Å²) in [6, 6.07) is 12.3. The molecule has 0 fully saturated rings. The van der Waals surface area contributed by atoms with Crippen molar-refractivity contribution >= 4 is 0 Å². The zero-order chi connectivity index (χ0) is 17.4. The number of hydrogen-bond donors (Lipinski definition) is 0. The maximum Gasteiger partial charge on any atom is 0.137 e. The van der Waals surface area contributed by atoms with E-state index in [-0.39, 0.29) is 6.61 Å². The Bertz CT molecular complexity index is 592. The van der Waals surface area contributed by atoms with Gasteiger partial charge in [-0.3, -0.25) is 4.98 Å². The van der Waals surface area contributed by atoms with E-state index < -0.39 is 6.17 Å². The van der Waals surface area contributed by atoms with Crippen molar-refractivity contribution in [2.24, 2.45) is 5.92 Å². The summed E-state index contributed by atoms with van der Waals surface area (Å²) < 4.78 is 19.1. The highest BCUT2D eigenvalue weighted by atomic mass is 19.1. The van der Waals surface area contributed by atoms with Gasteiger partial charge in [-0.1, -0.05) is 51.5 Å². The number of pyridine rings is 1. The van der Waals surface area contributed by atoms with E-state index in [1.807, 2.05) is 26.0 Å². The first-order chi connectivity index (χ1) is 11.6. The second-order valence-corrected chi connectivity index (χ2v) is 6.72. The van der Waals surface area contributed by atoms with Crippen LogP contribution in [0.15, 0.2) is 42.6 Å². The van der Waals surface area contributed by atoms with Gasteiger partial charge in [0.2, 0.25) is 0 Å². The standard InChI is InChI=1S/C21H28FNO/c1-4-5-6-17-7-9-18(10-8-17)21-12-11-20(14-23-21)24-15-19(22)13-16(2)3/h7-12,14,16,19H,4-6,13,15H2,1-3H3. The lowest BCUT2D eigenvalue weighted by Crippen LogP contribution is -2.15. The average molecular weight is 329 g/mol. The van der Waals surface area contributed by atoms with Gasteiger partial charge in [-0.2, -0.15) is 0 Å². The SMILES string of the molecule is CCCCc1ccc(-c2ccc(OCC(F)CC(C)C)cn2)cc1. The molecule has 0 saturated carbocycles. The molecule has 1 aromatic heterocycles. The first-order valence-corrected chi connectivity index (χ1v) is 8.90. The molecule has 0 aliphatic rings. The molecule has 0 aliphatic carbocycles. The number of nitrogens with zero attached hydrogens (tertiary/aromatic N) is 1. The number of halogens is 1. The van der Waals surface area contributed by atoms with E-state index in [4.69, 9.17) is 4.74 Å². The van der Waals surface area contributed by atoms with Crippen molar-refractivity contribution in [1.82, 2.24) is 4.98 Å². The molecule has 130 valence electrons. The van der Waals surface area contributed by atoms with Gasteiger partial charge in [-0.05, 0) is 42.9 Å². The molecule has 0 radical (unpaired) electrons. The van der Waals surface area contributed by atoms with E-state index in [2.05, 4.69) is 36.2 Å². The zero-order valence-electron chi connectivity index (χ0n) is 15.0. The molecule has 0 saturated heterocycles. The summed E-state index contributed by atoms with van der Waals surface area (Å²) in [5.74, 6) is 0.953. The molecule has 0 N–H and O–H groups in total. The van der Waals surface area contributed by atoms with Crippen LogP contribution < -0.4 is 4.74 Å². The summed E-state index contributed by atoms with van der Waals surface area (Å²) in [5.41, 5.74) is 3.35. The fraction of sp³-hybridized carbons (Fsp3) is 0.476. The molecular formula is C21H28FNO. The van der Waals surface area contributed by atoms with Crippen LogP contribution in [-0.2, 0) is 6.42 Å². The summed E-state index contributed by atoms with van der Waals surface area (Å²) >= 11 is 0. The molecule has 1 heterocycles. The minimum absolute atomic E-state index is 0.0886. The Morgan fingerprint density at radius 3 is 2.42 bits per heavy atom. The molecule has 2 nitrogen and oxygen atoms in total. The maximum atomic E-state index is 13.7. The first-order valence-electron chi connectivity index (χ1n) is 8.90. The van der Waals surface area contributed by atoms with Crippen molar-refractivity contribution in [2.45, 2.75) is 52.6 Å². The normalized spacial score (nSPS) is 12.4. The molecule has 0 spiro atoms. The number of unbranched alkanes of at least 4 members (excludes halogenated alkanes) is 1. The maximum absolute atomic E-state index is 13.7. The largest absolute Gasteiger partial charge is 0.489 e. The third-order valence-electron chi connectivity index (χ3n) is 3.96. The minimum Gasteiger partial charge on any atom is -0.489 e. The molecule has 1 unspecified atom stereocenters. The first kappa shape index (κ1) is 18.4. The Hall–Kier alpha value is -1.90. The van der Waals surface area contributed by atoms with Crippen LogP contribution >= 0.6 is 0 Å². The number of aromatic nitrogens is 1. The lowest BCUT2D eigenvalue weighted by molar-refractivity contribution is 0.173. The van der Waals surface area contributed by atoms with Gasteiger partial charge in [0.15, 0.2) is 0 Å². The number of ether oxygens (including phenoxy) is 1. The van der Waals surface area contributed by atoms with Crippen LogP contribution in [0.25, 0.3) is 11.3 Å². The van der Waals surface area contributed by atoms with Crippen molar-refractivity contribution in [2.75, 3.05) is 6.61 Å². The molecule has 3 heteroatoms. The molecule has 1 aromatic carbocycles. The van der Waals surface area contributed by atoms with Crippen molar-refractivity contribution in [3.05, 3.63) is 48.2 Å². The Labute approximate surface area is 145 Å². The molecule has 0 bridgehead atoms. The van der Waals surface area contributed by atoms with Crippen LogP contribution in [0.1, 0.15) is 45.6 Å². The van der Waals surface area contributed by atoms with Crippen LogP contribution in [0.3, 0.4) is 0 Å². The molecule has 0 aliphatic heterocycles. The van der Waals surface area contributed by atoms with E-state index in [9.17, 15) is 4.39 Å². The summed E-state index contributed by atoms with van der Waals surface area (Å²) in [5, 5.41) is 0. The highest BCUT2D eigenvalue weighted by Gasteiger charge is 2.10. The van der Waals surface area contributed by atoms with Gasteiger partial charge in [0.05, 0.1) is 11.9 Å². The monoisotopic (exact) mass is 329 g/mol. The van der Waals surface area contributed by atoms with E-state index in [1.165, 1.54) is 18.4 Å². The van der Waals surface area contributed by atoms with Crippen LogP contribution in [0, 0.1) is 5.92 Å². The lowest BCUT2D eigenvalue weighted by Gasteiger charge is -2.12. The Morgan fingerprint density at radius 2 is 1.83 bits per heavy atom. The van der Waals surface area contributed by atoms with Crippen LogP contribution in [0.2, 0.25) is 0 Å². The molecule has 2 aromatic rings. The van der Waals surface area contributed by atoms with Gasteiger partial charge < -0.3 is 4.74 Å². The molecule has 0 amide bonds. The third-order valence-corrected chi connectivity index (χ3v) is 3.96. The molecule has 24 heavy (non-hydrogen) atoms. The lowest BCUT2D eigenvalue weighted by atomic mass is 10.0. The fourth-order valence-electron chi connectivity index (χ4n) is 2.63. The Balaban J connectivity index is 1.91. The van der Waals surface area contributed by atoms with Gasteiger partial charge in [-0.25, -0.2) is 4.39 Å². The number of alkyl halides is 1. The summed E-state index contributed by atoms with van der Waals surface area (Å²) in [6.07, 6.45) is 4.81. The number of hydrogen-bond acceptors (Lipinski definition) is 2. The predicted molar refractivity (Wildman–Crippen MR) is 98.1 cm³/mol. The van der Waals surface area contributed by atoms with Crippen molar-refractivity contribution in [1.29, 1.82) is 0 Å². The van der Waals surface area contributed by atoms with E-state index in [1.54, 1.807) is 6.20 Å². The van der Waals surface area contributed by atoms with Gasteiger partial charge in [0.25, 0.3) is 0 Å². The van der Waals surface area contributed by atoms with Gasteiger partial charge in [0, 0.05) is 5.56 Å². The molecule has 1 atom stereocenters. The highest BCUT2D eigenvalue weighted by Crippen LogP contribution is 2.21. The summed E-state index contributed by atoms with van der Waals surface area (Å²) in [6.45, 7) is 6.31. The minimum atomic E-state index is -0.930. The second-order valence-electron chi connectivity index (χ2n) is 6.72. The van der Waals surface area contributed by atoms with Crippen LogP contribution in [0.4, 0.5) is 4.39 Å². The summed E-state index contributed by atoms with van der Waals surface area (Å²) in [4.78, 5) is 4.43. The average Bonchev–Trinajstić information content (AvgIpc) is 2.58. The van der Waals surface area contributed by atoms with Crippen molar-refractivity contribution in [3.8, 4) is 17.0 Å². The van der Waals surface area contributed by atoms with Gasteiger partial charge >= 0.3 is 0 Å². The number of benzene rings is 1. The van der Waals surface area contributed by atoms with Crippen molar-refractivity contribution in [3.63, 3.8) is 0 Å². The third kappa shape index (κ3) is 5.95. The molecule has 2 rings (SSSR count). The zero-order valence-corrected chi connectivity index (χ0v) is 15.0. The second kappa shape index (κ2) is 9.41. The van der Waals surface area contributed by atoms with E-state index >= 15 is 0 Å². The van der Waals surface area contributed by atoms with Crippen molar-refractivity contribution < 1.29 is 9.13 Å². The van der Waals surface area contributed by atoms with Gasteiger partial charge in [-0.15, -0.1) is 0 Å². The highest BCUT2D eigenvalue weighted by molar-refractivity contribution is 5.59. The smallest absolute Gasteiger partial charge is 0.137 e. The molecular weight excluding hydrogens is 301 g/mol.